The average Bonchev–Trinajstić information content (AvgIpc) is 2.34. The molecule has 0 atom stereocenters. The molecule has 0 heterocycles. The summed E-state index contributed by atoms with van der Waals surface area (Å²) < 4.78 is 6.06. The molecule has 3 N–H and O–H groups in total. The molecule has 3 nitrogen and oxygen atoms in total. The Kier molecular flexibility index (Phi) is 4.23. The first-order valence-corrected chi connectivity index (χ1v) is 6.38. The number of nitrogen functional groups attached to an aromatic ring is 1. The van der Waals surface area contributed by atoms with Crippen LogP contribution in [0.3, 0.4) is 0 Å². The molecular weight excluding hydrogens is 292 g/mol. The maximum Gasteiger partial charge on any atom is 0.0713 e. The van der Waals surface area contributed by atoms with E-state index in [4.69, 9.17) is 10.5 Å². The van der Waals surface area contributed by atoms with E-state index in [0.717, 1.165) is 27.1 Å². The fourth-order valence-corrected chi connectivity index (χ4v) is 2.19. The van der Waals surface area contributed by atoms with E-state index in [2.05, 4.69) is 27.3 Å². The van der Waals surface area contributed by atoms with E-state index in [1.165, 1.54) is 0 Å². The van der Waals surface area contributed by atoms with Crippen LogP contribution in [0.2, 0.25) is 0 Å². The van der Waals surface area contributed by atoms with Crippen molar-refractivity contribution in [3.63, 3.8) is 0 Å². The Hall–Kier alpha value is -1.52. The van der Waals surface area contributed by atoms with E-state index >= 15 is 0 Å². The standard InChI is InChI=1S/C14H15BrN2O/c1-18-9-10-3-2-4-12(7-10)17-14-6-5-11(16)8-13(14)15/h2-8,17H,9,16H2,1H3. The highest BCUT2D eigenvalue weighted by Crippen LogP contribution is 2.28. The van der Waals surface area contributed by atoms with Gasteiger partial charge in [-0.05, 0) is 51.8 Å². The second-order valence-corrected chi connectivity index (χ2v) is 4.85. The summed E-state index contributed by atoms with van der Waals surface area (Å²) >= 11 is 3.49. The number of ether oxygens (including phenoxy) is 1. The summed E-state index contributed by atoms with van der Waals surface area (Å²) in [6.45, 7) is 0.610. The van der Waals surface area contributed by atoms with Crippen molar-refractivity contribution in [1.82, 2.24) is 0 Å². The molecule has 0 aliphatic carbocycles. The highest BCUT2D eigenvalue weighted by molar-refractivity contribution is 9.10. The van der Waals surface area contributed by atoms with Gasteiger partial charge in [-0.1, -0.05) is 12.1 Å². The van der Waals surface area contributed by atoms with Crippen molar-refractivity contribution in [2.24, 2.45) is 0 Å². The Labute approximate surface area is 115 Å². The summed E-state index contributed by atoms with van der Waals surface area (Å²) in [5.74, 6) is 0. The first kappa shape index (κ1) is 12.9. The monoisotopic (exact) mass is 306 g/mol. The van der Waals surface area contributed by atoms with Crippen molar-refractivity contribution in [1.29, 1.82) is 0 Å². The van der Waals surface area contributed by atoms with Crippen LogP contribution >= 0.6 is 15.9 Å². The third-order valence-corrected chi connectivity index (χ3v) is 3.17. The quantitative estimate of drug-likeness (QED) is 0.842. The summed E-state index contributed by atoms with van der Waals surface area (Å²) in [6, 6.07) is 13.8. The van der Waals surface area contributed by atoms with E-state index < -0.39 is 0 Å². The van der Waals surface area contributed by atoms with Gasteiger partial charge >= 0.3 is 0 Å². The largest absolute Gasteiger partial charge is 0.399 e. The molecule has 0 unspecified atom stereocenters. The Balaban J connectivity index is 2.20. The van der Waals surface area contributed by atoms with E-state index in [9.17, 15) is 0 Å². The van der Waals surface area contributed by atoms with Crippen LogP contribution in [-0.4, -0.2) is 7.11 Å². The van der Waals surface area contributed by atoms with Gasteiger partial charge in [-0.2, -0.15) is 0 Å². The third-order valence-electron chi connectivity index (χ3n) is 2.51. The molecule has 4 heteroatoms. The summed E-state index contributed by atoms with van der Waals surface area (Å²) in [5, 5.41) is 3.34. The SMILES string of the molecule is COCc1cccc(Nc2ccc(N)cc2Br)c1. The predicted octanol–water partition coefficient (Wildman–Crippen LogP) is 3.92. The topological polar surface area (TPSA) is 47.3 Å². The molecule has 18 heavy (non-hydrogen) atoms. The minimum Gasteiger partial charge on any atom is -0.399 e. The minimum absolute atomic E-state index is 0.610. The lowest BCUT2D eigenvalue weighted by Gasteiger charge is -2.10. The molecule has 0 saturated heterocycles. The molecule has 0 bridgehead atoms. The van der Waals surface area contributed by atoms with E-state index in [-0.39, 0.29) is 0 Å². The Morgan fingerprint density at radius 3 is 2.78 bits per heavy atom. The fourth-order valence-electron chi connectivity index (χ4n) is 1.69. The number of rotatable bonds is 4. The zero-order valence-corrected chi connectivity index (χ0v) is 11.7. The van der Waals surface area contributed by atoms with Gasteiger partial charge in [0.2, 0.25) is 0 Å². The van der Waals surface area contributed by atoms with Gasteiger partial charge in [-0.25, -0.2) is 0 Å². The molecule has 0 radical (unpaired) electrons. The molecule has 0 aliphatic heterocycles. The van der Waals surface area contributed by atoms with Gasteiger partial charge in [0.25, 0.3) is 0 Å². The number of nitrogens with one attached hydrogen (secondary N) is 1. The van der Waals surface area contributed by atoms with E-state index in [0.29, 0.717) is 6.61 Å². The van der Waals surface area contributed by atoms with Crippen molar-refractivity contribution in [2.45, 2.75) is 6.61 Å². The molecule has 0 aromatic heterocycles. The number of hydrogen-bond donors (Lipinski definition) is 2. The lowest BCUT2D eigenvalue weighted by molar-refractivity contribution is 0.185. The number of methoxy groups -OCH3 is 1. The molecule has 0 fully saturated rings. The van der Waals surface area contributed by atoms with Gasteiger partial charge in [-0.15, -0.1) is 0 Å². The first-order valence-electron chi connectivity index (χ1n) is 5.59. The zero-order chi connectivity index (χ0) is 13.0. The number of nitrogens with two attached hydrogens (primary N) is 1. The summed E-state index contributed by atoms with van der Waals surface area (Å²) in [5.41, 5.74) is 9.59. The minimum atomic E-state index is 0.610. The number of benzene rings is 2. The maximum absolute atomic E-state index is 5.71. The van der Waals surface area contributed by atoms with Crippen LogP contribution < -0.4 is 11.1 Å². The van der Waals surface area contributed by atoms with Gasteiger partial charge in [0.05, 0.1) is 12.3 Å². The second kappa shape index (κ2) is 5.89. The third kappa shape index (κ3) is 3.24. The number of hydrogen-bond acceptors (Lipinski definition) is 3. The highest BCUT2D eigenvalue weighted by Gasteiger charge is 2.01. The predicted molar refractivity (Wildman–Crippen MR) is 79.0 cm³/mol. The summed E-state index contributed by atoms with van der Waals surface area (Å²) in [6.07, 6.45) is 0. The van der Waals surface area contributed by atoms with Gasteiger partial charge in [0.15, 0.2) is 0 Å². The van der Waals surface area contributed by atoms with Gasteiger partial charge in [0, 0.05) is 23.0 Å². The van der Waals surface area contributed by atoms with Crippen molar-refractivity contribution < 1.29 is 4.74 Å². The molecule has 2 aromatic carbocycles. The van der Waals surface area contributed by atoms with Gasteiger partial charge in [0.1, 0.15) is 0 Å². The van der Waals surface area contributed by atoms with Crippen LogP contribution in [0.4, 0.5) is 17.1 Å². The van der Waals surface area contributed by atoms with Crippen LogP contribution in [0.1, 0.15) is 5.56 Å². The van der Waals surface area contributed by atoms with Crippen LogP contribution in [0.25, 0.3) is 0 Å². The smallest absolute Gasteiger partial charge is 0.0713 e. The highest BCUT2D eigenvalue weighted by atomic mass is 79.9. The molecule has 2 aromatic rings. The Bertz CT molecular complexity index is 543. The molecule has 0 spiro atoms. The van der Waals surface area contributed by atoms with Crippen LogP contribution in [-0.2, 0) is 11.3 Å². The Morgan fingerprint density at radius 2 is 2.06 bits per heavy atom. The molecule has 0 saturated carbocycles. The maximum atomic E-state index is 5.71. The first-order chi connectivity index (χ1) is 8.69. The van der Waals surface area contributed by atoms with E-state index in [1.54, 1.807) is 7.11 Å². The van der Waals surface area contributed by atoms with Crippen LogP contribution in [0, 0.1) is 0 Å². The van der Waals surface area contributed by atoms with E-state index in [1.807, 2.05) is 36.4 Å². The fraction of sp³-hybridized carbons (Fsp3) is 0.143. The summed E-state index contributed by atoms with van der Waals surface area (Å²) in [4.78, 5) is 0. The van der Waals surface area contributed by atoms with Crippen LogP contribution in [0.15, 0.2) is 46.9 Å². The van der Waals surface area contributed by atoms with Crippen molar-refractivity contribution >= 4 is 33.0 Å². The van der Waals surface area contributed by atoms with Crippen molar-refractivity contribution in [3.05, 3.63) is 52.5 Å². The number of anilines is 3. The number of halogens is 1. The zero-order valence-electron chi connectivity index (χ0n) is 10.1. The molecule has 94 valence electrons. The average molecular weight is 307 g/mol. The molecule has 2 rings (SSSR count). The molecular formula is C14H15BrN2O. The second-order valence-electron chi connectivity index (χ2n) is 4.00. The summed E-state index contributed by atoms with van der Waals surface area (Å²) in [7, 11) is 1.69. The van der Waals surface area contributed by atoms with Crippen molar-refractivity contribution in [3.8, 4) is 0 Å². The lowest BCUT2D eigenvalue weighted by atomic mass is 10.2. The molecule has 0 aliphatic rings. The van der Waals surface area contributed by atoms with Crippen molar-refractivity contribution in [2.75, 3.05) is 18.2 Å². The Morgan fingerprint density at radius 1 is 1.22 bits per heavy atom. The van der Waals surface area contributed by atoms with Gasteiger partial charge in [-0.3, -0.25) is 0 Å². The van der Waals surface area contributed by atoms with Gasteiger partial charge < -0.3 is 15.8 Å². The normalized spacial score (nSPS) is 10.3. The van der Waals surface area contributed by atoms with Crippen LogP contribution in [0.5, 0.6) is 0 Å². The lowest BCUT2D eigenvalue weighted by Crippen LogP contribution is -1.94. The molecule has 0 amide bonds.